The lowest BCUT2D eigenvalue weighted by molar-refractivity contribution is 0.101. The van der Waals surface area contributed by atoms with Gasteiger partial charge in [0.05, 0.1) is 4.88 Å². The Balaban J connectivity index is 1.88. The molecule has 6 heteroatoms. The van der Waals surface area contributed by atoms with E-state index in [1.165, 1.54) is 0 Å². The fourth-order valence-electron chi connectivity index (χ4n) is 2.42. The van der Waals surface area contributed by atoms with Crippen LogP contribution in [-0.2, 0) is 6.54 Å². The van der Waals surface area contributed by atoms with E-state index < -0.39 is 0 Å². The summed E-state index contributed by atoms with van der Waals surface area (Å²) in [7, 11) is 0. The molecule has 2 aromatic rings. The number of nitrogens with one attached hydrogen (secondary N) is 1. The molecule has 0 aliphatic carbocycles. The number of ketones is 1. The highest BCUT2D eigenvalue weighted by atomic mass is 32.1. The summed E-state index contributed by atoms with van der Waals surface area (Å²) in [6.45, 7) is 6.43. The second kappa shape index (κ2) is 6.43. The summed E-state index contributed by atoms with van der Waals surface area (Å²) in [6, 6.07) is 3.86. The quantitative estimate of drug-likeness (QED) is 0.873. The van der Waals surface area contributed by atoms with Crippen LogP contribution in [0.2, 0.25) is 0 Å². The maximum absolute atomic E-state index is 11.9. The lowest BCUT2D eigenvalue weighted by Gasteiger charge is -2.26. The third-order valence-corrected chi connectivity index (χ3v) is 4.62. The van der Waals surface area contributed by atoms with Gasteiger partial charge in [-0.05, 0) is 12.1 Å². The molecule has 0 amide bonds. The predicted molar refractivity (Wildman–Crippen MR) is 83.5 cm³/mol. The van der Waals surface area contributed by atoms with Gasteiger partial charge in [0, 0.05) is 57.6 Å². The molecule has 1 aliphatic heterocycles. The number of thiazole rings is 1. The molecule has 0 radical (unpaired) electrons. The maximum atomic E-state index is 11.9. The van der Waals surface area contributed by atoms with E-state index in [0.717, 1.165) is 48.2 Å². The summed E-state index contributed by atoms with van der Waals surface area (Å²) in [4.78, 5) is 23.9. The minimum Gasteiger partial charge on any atom is -0.314 e. The molecule has 5 nitrogen and oxygen atoms in total. The first kappa shape index (κ1) is 14.3. The Kier molecular flexibility index (Phi) is 4.38. The standard InChI is InChI=1S/C15H18N4OS/c1-11(20)14-13(10-19-8-6-17-7-9-19)21-15(18-14)12-2-4-16-5-3-12/h2-5,17H,6-10H2,1H3. The summed E-state index contributed by atoms with van der Waals surface area (Å²) in [6.07, 6.45) is 3.50. The van der Waals surface area contributed by atoms with E-state index in [2.05, 4.69) is 20.2 Å². The first-order valence-corrected chi connectivity index (χ1v) is 7.90. The van der Waals surface area contributed by atoms with Gasteiger partial charge < -0.3 is 5.32 Å². The Morgan fingerprint density at radius 3 is 2.71 bits per heavy atom. The number of hydrogen-bond donors (Lipinski definition) is 1. The van der Waals surface area contributed by atoms with Crippen molar-refractivity contribution in [3.63, 3.8) is 0 Å². The van der Waals surface area contributed by atoms with E-state index in [9.17, 15) is 4.79 Å². The second-order valence-corrected chi connectivity index (χ2v) is 6.19. The molecule has 110 valence electrons. The molecule has 0 atom stereocenters. The van der Waals surface area contributed by atoms with Gasteiger partial charge in [-0.25, -0.2) is 4.98 Å². The van der Waals surface area contributed by atoms with Gasteiger partial charge in [-0.2, -0.15) is 0 Å². The summed E-state index contributed by atoms with van der Waals surface area (Å²) < 4.78 is 0. The summed E-state index contributed by atoms with van der Waals surface area (Å²) >= 11 is 1.61. The van der Waals surface area contributed by atoms with E-state index >= 15 is 0 Å². The fraction of sp³-hybridized carbons (Fsp3) is 0.400. The van der Waals surface area contributed by atoms with Crippen LogP contribution in [0.1, 0.15) is 22.3 Å². The zero-order chi connectivity index (χ0) is 14.7. The number of pyridine rings is 1. The summed E-state index contributed by atoms with van der Waals surface area (Å²) in [5.41, 5.74) is 1.63. The average molecular weight is 302 g/mol. The molecule has 0 aromatic carbocycles. The van der Waals surface area contributed by atoms with Gasteiger partial charge in [-0.3, -0.25) is 14.7 Å². The maximum Gasteiger partial charge on any atom is 0.179 e. The number of piperazine rings is 1. The molecule has 0 unspecified atom stereocenters. The molecule has 2 aromatic heterocycles. The highest BCUT2D eigenvalue weighted by Crippen LogP contribution is 2.29. The number of rotatable bonds is 4. The molecule has 0 saturated carbocycles. The molecular weight excluding hydrogens is 284 g/mol. The number of aromatic nitrogens is 2. The van der Waals surface area contributed by atoms with E-state index in [-0.39, 0.29) is 5.78 Å². The number of Topliss-reactive ketones (excluding diaryl/α,β-unsaturated/α-hetero) is 1. The molecule has 1 fully saturated rings. The highest BCUT2D eigenvalue weighted by Gasteiger charge is 2.19. The Morgan fingerprint density at radius 2 is 2.05 bits per heavy atom. The molecule has 3 rings (SSSR count). The van der Waals surface area contributed by atoms with Crippen LogP contribution in [0.5, 0.6) is 0 Å². The zero-order valence-corrected chi connectivity index (χ0v) is 12.8. The molecule has 1 saturated heterocycles. The Hall–Kier alpha value is -1.63. The number of carbonyl (C=O) groups excluding carboxylic acids is 1. The van der Waals surface area contributed by atoms with E-state index in [1.807, 2.05) is 12.1 Å². The van der Waals surface area contributed by atoms with Crippen molar-refractivity contribution in [1.82, 2.24) is 20.2 Å². The first-order valence-electron chi connectivity index (χ1n) is 7.08. The number of hydrogen-bond acceptors (Lipinski definition) is 6. The Bertz CT molecular complexity index is 620. The molecular formula is C15H18N4OS. The van der Waals surface area contributed by atoms with E-state index in [0.29, 0.717) is 5.69 Å². The van der Waals surface area contributed by atoms with Crippen molar-refractivity contribution in [2.75, 3.05) is 26.2 Å². The van der Waals surface area contributed by atoms with Crippen molar-refractivity contribution < 1.29 is 4.79 Å². The SMILES string of the molecule is CC(=O)c1nc(-c2ccncc2)sc1CN1CCNCC1. The van der Waals surface area contributed by atoms with Crippen LogP contribution in [0, 0.1) is 0 Å². The van der Waals surface area contributed by atoms with Crippen LogP contribution in [0.15, 0.2) is 24.5 Å². The van der Waals surface area contributed by atoms with Crippen LogP contribution in [0.3, 0.4) is 0 Å². The molecule has 0 bridgehead atoms. The Labute approximate surface area is 128 Å². The number of nitrogens with zero attached hydrogens (tertiary/aromatic N) is 3. The van der Waals surface area contributed by atoms with E-state index in [1.54, 1.807) is 30.7 Å². The molecule has 1 N–H and O–H groups in total. The summed E-state index contributed by atoms with van der Waals surface area (Å²) in [5, 5.41) is 4.24. The zero-order valence-electron chi connectivity index (χ0n) is 12.0. The van der Waals surface area contributed by atoms with Crippen molar-refractivity contribution in [3.05, 3.63) is 35.1 Å². The average Bonchev–Trinajstić information content (AvgIpc) is 2.93. The molecule has 1 aliphatic rings. The predicted octanol–water partition coefficient (Wildman–Crippen LogP) is 1.81. The topological polar surface area (TPSA) is 58.1 Å². The molecule has 3 heterocycles. The van der Waals surface area contributed by atoms with Crippen molar-refractivity contribution in [1.29, 1.82) is 0 Å². The first-order chi connectivity index (χ1) is 10.2. The minimum atomic E-state index is 0.0386. The third-order valence-electron chi connectivity index (χ3n) is 3.53. The Morgan fingerprint density at radius 1 is 1.33 bits per heavy atom. The van der Waals surface area contributed by atoms with Crippen molar-refractivity contribution in [2.24, 2.45) is 0 Å². The van der Waals surface area contributed by atoms with Crippen LogP contribution in [-0.4, -0.2) is 46.8 Å². The smallest absolute Gasteiger partial charge is 0.179 e. The monoisotopic (exact) mass is 302 g/mol. The van der Waals surface area contributed by atoms with Crippen molar-refractivity contribution >= 4 is 17.1 Å². The van der Waals surface area contributed by atoms with Gasteiger partial charge in [-0.15, -0.1) is 11.3 Å². The summed E-state index contributed by atoms with van der Waals surface area (Å²) in [5.74, 6) is 0.0386. The van der Waals surface area contributed by atoms with E-state index in [4.69, 9.17) is 0 Å². The number of carbonyl (C=O) groups is 1. The molecule has 21 heavy (non-hydrogen) atoms. The third kappa shape index (κ3) is 3.34. The van der Waals surface area contributed by atoms with Crippen molar-refractivity contribution in [2.45, 2.75) is 13.5 Å². The van der Waals surface area contributed by atoms with Crippen LogP contribution >= 0.6 is 11.3 Å². The van der Waals surface area contributed by atoms with Gasteiger partial charge in [0.15, 0.2) is 5.78 Å². The van der Waals surface area contributed by atoms with Crippen LogP contribution in [0.4, 0.5) is 0 Å². The van der Waals surface area contributed by atoms with Crippen molar-refractivity contribution in [3.8, 4) is 10.6 Å². The van der Waals surface area contributed by atoms with Gasteiger partial charge in [0.1, 0.15) is 10.7 Å². The lowest BCUT2D eigenvalue weighted by atomic mass is 10.2. The highest BCUT2D eigenvalue weighted by molar-refractivity contribution is 7.15. The minimum absolute atomic E-state index is 0.0386. The lowest BCUT2D eigenvalue weighted by Crippen LogP contribution is -2.42. The molecule has 0 spiro atoms. The van der Waals surface area contributed by atoms with Gasteiger partial charge >= 0.3 is 0 Å². The van der Waals surface area contributed by atoms with Gasteiger partial charge in [0.2, 0.25) is 0 Å². The fourth-order valence-corrected chi connectivity index (χ4v) is 3.58. The van der Waals surface area contributed by atoms with Gasteiger partial charge in [0.25, 0.3) is 0 Å². The largest absolute Gasteiger partial charge is 0.314 e. The van der Waals surface area contributed by atoms with Crippen LogP contribution in [0.25, 0.3) is 10.6 Å². The van der Waals surface area contributed by atoms with Gasteiger partial charge in [-0.1, -0.05) is 0 Å². The van der Waals surface area contributed by atoms with Crippen LogP contribution < -0.4 is 5.32 Å². The normalized spacial score (nSPS) is 16.0. The second-order valence-electron chi connectivity index (χ2n) is 5.11.